The van der Waals surface area contributed by atoms with E-state index in [2.05, 4.69) is 6.07 Å². The van der Waals surface area contributed by atoms with Gasteiger partial charge in [-0.2, -0.15) is 0 Å². The van der Waals surface area contributed by atoms with Gasteiger partial charge in [-0.15, -0.1) is 0 Å². The Bertz CT molecular complexity index is 273. The van der Waals surface area contributed by atoms with E-state index in [0.29, 0.717) is 0 Å². The van der Waals surface area contributed by atoms with Crippen molar-refractivity contribution in [3.63, 3.8) is 0 Å². The fourth-order valence-electron chi connectivity index (χ4n) is 1.11. The first-order valence-corrected chi connectivity index (χ1v) is 5.69. The maximum absolute atomic E-state index is 5.23. The molecule has 1 aliphatic heterocycles. The van der Waals surface area contributed by atoms with Gasteiger partial charge >= 0.3 is 0 Å². The molecule has 1 aromatic rings. The minimum absolute atomic E-state index is 1.03. The largest absolute Gasteiger partial charge is 0.496 e. The Balaban J connectivity index is 2.50. The summed E-state index contributed by atoms with van der Waals surface area (Å²) in [6.45, 7) is 0. The zero-order valence-corrected chi connectivity index (χ0v) is 7.80. The molecule has 0 aromatic heterocycles. The lowest BCUT2D eigenvalue weighted by atomic mass is 10.2. The summed E-state index contributed by atoms with van der Waals surface area (Å²) in [6.07, 6.45) is 0. The molecule has 1 aliphatic rings. The highest BCUT2D eigenvalue weighted by Gasteiger charge is 2.15. The summed E-state index contributed by atoms with van der Waals surface area (Å²) in [5, 5.41) is 0. The maximum atomic E-state index is 5.23. The van der Waals surface area contributed by atoms with Gasteiger partial charge in [0, 0.05) is 16.2 Å². The van der Waals surface area contributed by atoms with Crippen molar-refractivity contribution in [2.45, 2.75) is 10.6 Å². The highest BCUT2D eigenvalue weighted by Crippen LogP contribution is 2.47. The predicted molar refractivity (Wildman–Crippen MR) is 50.1 cm³/mol. The molecule has 0 atom stereocenters. The number of rotatable bonds is 1. The lowest BCUT2D eigenvalue weighted by Crippen LogP contribution is -1.88. The number of hydrogen-bond acceptors (Lipinski definition) is 3. The Kier molecular flexibility index (Phi) is 2.00. The molecule has 0 spiro atoms. The van der Waals surface area contributed by atoms with Gasteiger partial charge in [-0.3, -0.25) is 0 Å². The minimum atomic E-state index is 1.03. The van der Waals surface area contributed by atoms with Gasteiger partial charge in [0.1, 0.15) is 5.75 Å². The van der Waals surface area contributed by atoms with Crippen LogP contribution in [0.3, 0.4) is 0 Å². The molecule has 11 heavy (non-hydrogen) atoms. The Labute approximate surface area is 73.9 Å². The maximum Gasteiger partial charge on any atom is 0.124 e. The number of hydrogen-bond donors (Lipinski definition) is 0. The first kappa shape index (κ1) is 7.37. The third-order valence-electron chi connectivity index (χ3n) is 1.66. The average Bonchev–Trinajstić information content (AvgIpc) is 2.50. The number of methoxy groups -OCH3 is 1. The Morgan fingerprint density at radius 1 is 1.45 bits per heavy atom. The van der Waals surface area contributed by atoms with Gasteiger partial charge in [0.2, 0.25) is 0 Å². The van der Waals surface area contributed by atoms with E-state index in [1.54, 1.807) is 7.11 Å². The molecule has 2 rings (SSSR count). The SMILES string of the molecule is COc1cccc2c1CSS2. The lowest BCUT2D eigenvalue weighted by molar-refractivity contribution is 0.410. The van der Waals surface area contributed by atoms with E-state index in [4.69, 9.17) is 4.74 Å². The van der Waals surface area contributed by atoms with Gasteiger partial charge in [-0.05, 0) is 12.1 Å². The molecule has 0 saturated heterocycles. The highest BCUT2D eigenvalue weighted by atomic mass is 33.1. The van der Waals surface area contributed by atoms with Crippen molar-refractivity contribution < 1.29 is 4.74 Å². The monoisotopic (exact) mass is 184 g/mol. The summed E-state index contributed by atoms with van der Waals surface area (Å²) in [5.41, 5.74) is 1.35. The highest BCUT2D eigenvalue weighted by molar-refractivity contribution is 8.76. The molecule has 0 saturated carbocycles. The number of benzene rings is 1. The zero-order valence-electron chi connectivity index (χ0n) is 6.16. The third-order valence-corrected chi connectivity index (χ3v) is 3.99. The van der Waals surface area contributed by atoms with E-state index in [9.17, 15) is 0 Å². The predicted octanol–water partition coefficient (Wildman–Crippen LogP) is 2.95. The first-order valence-electron chi connectivity index (χ1n) is 3.37. The molecule has 1 aromatic carbocycles. The molecule has 1 nitrogen and oxygen atoms in total. The van der Waals surface area contributed by atoms with Gasteiger partial charge in [0.05, 0.1) is 7.11 Å². The van der Waals surface area contributed by atoms with Crippen LogP contribution in [0.4, 0.5) is 0 Å². The van der Waals surface area contributed by atoms with Crippen LogP contribution in [0.25, 0.3) is 0 Å². The van der Waals surface area contributed by atoms with Gasteiger partial charge in [-0.25, -0.2) is 0 Å². The van der Waals surface area contributed by atoms with Gasteiger partial charge < -0.3 is 4.74 Å². The first-order chi connectivity index (χ1) is 5.42. The average molecular weight is 184 g/mol. The summed E-state index contributed by atoms with van der Waals surface area (Å²) < 4.78 is 5.23. The van der Waals surface area contributed by atoms with Crippen molar-refractivity contribution in [3.8, 4) is 5.75 Å². The molecule has 0 radical (unpaired) electrons. The van der Waals surface area contributed by atoms with Crippen LogP contribution in [0, 0.1) is 0 Å². The molecular weight excluding hydrogens is 176 g/mol. The van der Waals surface area contributed by atoms with E-state index in [1.165, 1.54) is 10.5 Å². The molecule has 0 unspecified atom stereocenters. The number of fused-ring (bicyclic) bond motifs is 1. The lowest BCUT2D eigenvalue weighted by Gasteiger charge is -2.03. The van der Waals surface area contributed by atoms with Crippen LogP contribution in [0.15, 0.2) is 23.1 Å². The summed E-state index contributed by atoms with van der Waals surface area (Å²) in [5.74, 6) is 2.10. The van der Waals surface area contributed by atoms with Crippen molar-refractivity contribution in [2.24, 2.45) is 0 Å². The van der Waals surface area contributed by atoms with E-state index >= 15 is 0 Å². The summed E-state index contributed by atoms with van der Waals surface area (Å²) in [7, 11) is 5.43. The minimum Gasteiger partial charge on any atom is -0.496 e. The van der Waals surface area contributed by atoms with E-state index in [1.807, 2.05) is 33.7 Å². The van der Waals surface area contributed by atoms with Crippen LogP contribution in [0.2, 0.25) is 0 Å². The van der Waals surface area contributed by atoms with Gasteiger partial charge in [0.25, 0.3) is 0 Å². The fourth-order valence-corrected chi connectivity index (χ4v) is 3.59. The van der Waals surface area contributed by atoms with Crippen molar-refractivity contribution in [3.05, 3.63) is 23.8 Å². The Hall–Kier alpha value is -0.280. The molecule has 0 N–H and O–H groups in total. The summed E-state index contributed by atoms with van der Waals surface area (Å²) in [6, 6.07) is 6.20. The Morgan fingerprint density at radius 2 is 2.36 bits per heavy atom. The fraction of sp³-hybridized carbons (Fsp3) is 0.250. The molecule has 0 amide bonds. The van der Waals surface area contributed by atoms with Crippen molar-refractivity contribution in [1.82, 2.24) is 0 Å². The second-order valence-electron chi connectivity index (χ2n) is 2.28. The molecule has 0 aliphatic carbocycles. The molecule has 1 heterocycles. The van der Waals surface area contributed by atoms with E-state index in [0.717, 1.165) is 11.5 Å². The van der Waals surface area contributed by atoms with Crippen LogP contribution in [0.1, 0.15) is 5.56 Å². The van der Waals surface area contributed by atoms with E-state index < -0.39 is 0 Å². The van der Waals surface area contributed by atoms with Crippen LogP contribution in [-0.2, 0) is 5.75 Å². The van der Waals surface area contributed by atoms with Crippen LogP contribution < -0.4 is 4.74 Å². The Morgan fingerprint density at radius 3 is 3.18 bits per heavy atom. The van der Waals surface area contributed by atoms with Crippen molar-refractivity contribution in [1.29, 1.82) is 0 Å². The van der Waals surface area contributed by atoms with Crippen LogP contribution in [0.5, 0.6) is 5.75 Å². The van der Waals surface area contributed by atoms with Crippen molar-refractivity contribution >= 4 is 21.6 Å². The normalized spacial score (nSPS) is 14.6. The second-order valence-corrected chi connectivity index (χ2v) is 4.62. The van der Waals surface area contributed by atoms with Crippen LogP contribution >= 0.6 is 21.6 Å². The molecule has 0 fully saturated rings. The summed E-state index contributed by atoms with van der Waals surface area (Å²) in [4.78, 5) is 1.36. The van der Waals surface area contributed by atoms with Crippen LogP contribution in [-0.4, -0.2) is 7.11 Å². The topological polar surface area (TPSA) is 9.23 Å². The van der Waals surface area contributed by atoms with Gasteiger partial charge in [0.15, 0.2) is 0 Å². The van der Waals surface area contributed by atoms with E-state index in [-0.39, 0.29) is 0 Å². The third kappa shape index (κ3) is 1.23. The smallest absolute Gasteiger partial charge is 0.124 e. The van der Waals surface area contributed by atoms with Gasteiger partial charge in [-0.1, -0.05) is 27.7 Å². The van der Waals surface area contributed by atoms with Crippen molar-refractivity contribution in [2.75, 3.05) is 7.11 Å². The molecule has 3 heteroatoms. The standard InChI is InChI=1S/C8H8OS2/c1-9-7-3-2-4-8-6(7)5-10-11-8/h2-4H,5H2,1H3. The number of ether oxygens (including phenoxy) is 1. The molecule has 58 valence electrons. The summed E-state index contributed by atoms with van der Waals surface area (Å²) >= 11 is 0. The molecule has 0 bridgehead atoms. The quantitative estimate of drug-likeness (QED) is 0.621. The molecular formula is C8H8OS2. The zero-order chi connectivity index (χ0) is 7.68. The second kappa shape index (κ2) is 2.99.